The molecule has 0 saturated heterocycles. The predicted octanol–water partition coefficient (Wildman–Crippen LogP) is 2.94. The van der Waals surface area contributed by atoms with E-state index in [0.717, 1.165) is 15.8 Å². The molecule has 2 aromatic heterocycles. The fourth-order valence-corrected chi connectivity index (χ4v) is 3.41. The van der Waals surface area contributed by atoms with Crippen molar-refractivity contribution in [3.05, 3.63) is 58.6 Å². The lowest BCUT2D eigenvalue weighted by Gasteiger charge is -2.21. The fourth-order valence-electron chi connectivity index (χ4n) is 2.80. The van der Waals surface area contributed by atoms with Crippen LogP contribution in [0, 0.1) is 5.92 Å². The van der Waals surface area contributed by atoms with Crippen LogP contribution in [0.4, 0.5) is 5.82 Å². The lowest BCUT2D eigenvalue weighted by atomic mass is 10.0. The van der Waals surface area contributed by atoms with Crippen LogP contribution in [0.1, 0.15) is 24.5 Å². The third-order valence-electron chi connectivity index (χ3n) is 4.28. The number of nitrogens with two attached hydrogens (primary N) is 1. The van der Waals surface area contributed by atoms with Gasteiger partial charge in [0.05, 0.1) is 12.1 Å². The number of rotatable bonds is 8. The van der Waals surface area contributed by atoms with E-state index < -0.39 is 11.9 Å². The number of nitrogens with zero attached hydrogens (tertiary/aromatic N) is 2. The Morgan fingerprint density at radius 2 is 1.97 bits per heavy atom. The molecule has 0 bridgehead atoms. The number of carbonyl (C=O) groups excluding carboxylic acids is 2. The summed E-state index contributed by atoms with van der Waals surface area (Å²) in [5, 5.41) is 8.66. The number of primary amides is 1. The number of hydrogen-bond acceptors (Lipinski definition) is 6. The number of fused-ring (bicyclic) bond motifs is 1. The van der Waals surface area contributed by atoms with E-state index in [9.17, 15) is 9.59 Å². The summed E-state index contributed by atoms with van der Waals surface area (Å²) in [4.78, 5) is 33.9. The molecule has 1 aromatic carbocycles. The van der Waals surface area contributed by atoms with Gasteiger partial charge in [-0.2, -0.15) is 0 Å². The van der Waals surface area contributed by atoms with Gasteiger partial charge in [-0.25, -0.2) is 9.97 Å². The fraction of sp³-hybridized carbons (Fsp3) is 0.238. The number of thiophene rings is 1. The molecule has 0 saturated carbocycles. The highest BCUT2D eigenvalue weighted by molar-refractivity contribution is 7.10. The minimum atomic E-state index is -0.565. The first-order valence-electron chi connectivity index (χ1n) is 9.25. The monoisotopic (exact) mass is 409 g/mol. The zero-order chi connectivity index (χ0) is 20.8. The molecule has 7 nitrogen and oxygen atoms in total. The van der Waals surface area contributed by atoms with Crippen LogP contribution >= 0.6 is 11.3 Å². The molecule has 0 radical (unpaired) electrons. The Labute approximate surface area is 173 Å². The summed E-state index contributed by atoms with van der Waals surface area (Å²) in [5.74, 6) is 0.271. The van der Waals surface area contributed by atoms with Gasteiger partial charge in [-0.05, 0) is 35.6 Å². The van der Waals surface area contributed by atoms with Gasteiger partial charge in [0.15, 0.2) is 5.82 Å². The van der Waals surface area contributed by atoms with Crippen LogP contribution in [0.5, 0.6) is 0 Å². The van der Waals surface area contributed by atoms with E-state index in [-0.39, 0.29) is 18.4 Å². The first kappa shape index (κ1) is 20.5. The number of benzene rings is 1. The standard InChI is InChI=1S/C21H23N5O2S/c1-13(2)19(20(22)28)26-21-15-7-3-4-8-16(15)24-17(25-21)12-23-18(27)10-9-14-6-5-11-29-14/h3-11,13,19H,12H2,1-2H3,(H2,22,28)(H,23,27)(H,24,25,26)/b10-9+/t19-/m0/s1. The Bertz CT molecular complexity index is 1030. The third-order valence-corrected chi connectivity index (χ3v) is 5.12. The van der Waals surface area contributed by atoms with Crippen LogP contribution in [-0.4, -0.2) is 27.8 Å². The molecule has 8 heteroatoms. The van der Waals surface area contributed by atoms with E-state index in [2.05, 4.69) is 20.6 Å². The van der Waals surface area contributed by atoms with Crippen molar-refractivity contribution in [1.82, 2.24) is 15.3 Å². The van der Waals surface area contributed by atoms with E-state index in [1.165, 1.54) is 6.08 Å². The average Bonchev–Trinajstić information content (AvgIpc) is 3.21. The van der Waals surface area contributed by atoms with Gasteiger partial charge in [0, 0.05) is 16.3 Å². The van der Waals surface area contributed by atoms with Gasteiger partial charge in [-0.1, -0.05) is 32.0 Å². The Balaban J connectivity index is 1.79. The molecule has 0 unspecified atom stereocenters. The molecule has 4 N–H and O–H groups in total. The van der Waals surface area contributed by atoms with Crippen LogP contribution in [0.15, 0.2) is 47.9 Å². The van der Waals surface area contributed by atoms with Crippen LogP contribution < -0.4 is 16.4 Å². The second kappa shape index (κ2) is 9.29. The molecular weight excluding hydrogens is 386 g/mol. The van der Waals surface area contributed by atoms with Gasteiger partial charge in [-0.15, -0.1) is 11.3 Å². The van der Waals surface area contributed by atoms with Crippen LogP contribution in [0.3, 0.4) is 0 Å². The Kier molecular flexibility index (Phi) is 6.56. The number of nitrogens with one attached hydrogen (secondary N) is 2. The number of amides is 2. The van der Waals surface area contributed by atoms with Crippen LogP contribution in [0.2, 0.25) is 0 Å². The largest absolute Gasteiger partial charge is 0.368 e. The van der Waals surface area contributed by atoms with Crippen molar-refractivity contribution >= 4 is 45.9 Å². The smallest absolute Gasteiger partial charge is 0.244 e. The van der Waals surface area contributed by atoms with Crippen molar-refractivity contribution in [2.45, 2.75) is 26.4 Å². The quantitative estimate of drug-likeness (QED) is 0.496. The van der Waals surface area contributed by atoms with Crippen LogP contribution in [0.25, 0.3) is 17.0 Å². The highest BCUT2D eigenvalue weighted by atomic mass is 32.1. The van der Waals surface area contributed by atoms with Crippen molar-refractivity contribution in [2.24, 2.45) is 11.7 Å². The molecule has 0 aliphatic heterocycles. The van der Waals surface area contributed by atoms with E-state index in [0.29, 0.717) is 11.6 Å². The average molecular weight is 410 g/mol. The van der Waals surface area contributed by atoms with Crippen molar-refractivity contribution in [2.75, 3.05) is 5.32 Å². The maximum Gasteiger partial charge on any atom is 0.244 e. The van der Waals surface area contributed by atoms with Crippen molar-refractivity contribution in [3.8, 4) is 0 Å². The molecule has 29 heavy (non-hydrogen) atoms. The Morgan fingerprint density at radius 1 is 1.17 bits per heavy atom. The van der Waals surface area contributed by atoms with E-state index >= 15 is 0 Å². The summed E-state index contributed by atoms with van der Waals surface area (Å²) < 4.78 is 0. The Morgan fingerprint density at radius 3 is 2.66 bits per heavy atom. The molecule has 0 spiro atoms. The van der Waals surface area contributed by atoms with Gasteiger partial charge in [0.1, 0.15) is 11.9 Å². The van der Waals surface area contributed by atoms with Gasteiger partial charge in [0.2, 0.25) is 11.8 Å². The summed E-state index contributed by atoms with van der Waals surface area (Å²) in [6, 6.07) is 10.8. The molecule has 2 amide bonds. The molecule has 0 aliphatic rings. The Hall–Kier alpha value is -3.26. The zero-order valence-corrected chi connectivity index (χ0v) is 17.1. The SMILES string of the molecule is CC(C)[C@H](Nc1nc(CNC(=O)/C=C/c2cccs2)nc2ccccc12)C(N)=O. The number of aromatic nitrogens is 2. The van der Waals surface area contributed by atoms with Crippen molar-refractivity contribution in [3.63, 3.8) is 0 Å². The lowest BCUT2D eigenvalue weighted by molar-refractivity contribution is -0.119. The molecule has 0 fully saturated rings. The first-order valence-corrected chi connectivity index (χ1v) is 10.1. The minimum absolute atomic E-state index is 0.00762. The summed E-state index contributed by atoms with van der Waals surface area (Å²) in [6.45, 7) is 3.98. The number of anilines is 1. The summed E-state index contributed by atoms with van der Waals surface area (Å²) in [5.41, 5.74) is 6.25. The number of para-hydroxylation sites is 1. The molecular formula is C21H23N5O2S. The topological polar surface area (TPSA) is 110 Å². The van der Waals surface area contributed by atoms with Gasteiger partial charge in [-0.3, -0.25) is 9.59 Å². The van der Waals surface area contributed by atoms with Gasteiger partial charge >= 0.3 is 0 Å². The molecule has 3 rings (SSSR count). The molecule has 3 aromatic rings. The highest BCUT2D eigenvalue weighted by Gasteiger charge is 2.21. The maximum atomic E-state index is 12.1. The third kappa shape index (κ3) is 5.39. The van der Waals surface area contributed by atoms with Gasteiger partial charge in [0.25, 0.3) is 0 Å². The lowest BCUT2D eigenvalue weighted by Crippen LogP contribution is -2.40. The number of carbonyl (C=O) groups is 2. The molecule has 150 valence electrons. The zero-order valence-electron chi connectivity index (χ0n) is 16.3. The van der Waals surface area contributed by atoms with Gasteiger partial charge < -0.3 is 16.4 Å². The minimum Gasteiger partial charge on any atom is -0.368 e. The normalized spacial score (nSPS) is 12.4. The molecule has 0 aliphatic carbocycles. The number of hydrogen-bond donors (Lipinski definition) is 3. The van der Waals surface area contributed by atoms with Crippen molar-refractivity contribution < 1.29 is 9.59 Å². The molecule has 2 heterocycles. The summed E-state index contributed by atoms with van der Waals surface area (Å²) in [6.07, 6.45) is 3.24. The maximum absolute atomic E-state index is 12.1. The van der Waals surface area contributed by atoms with E-state index in [1.807, 2.05) is 55.6 Å². The summed E-state index contributed by atoms with van der Waals surface area (Å²) in [7, 11) is 0. The van der Waals surface area contributed by atoms with Crippen LogP contribution in [-0.2, 0) is 16.1 Å². The second-order valence-corrected chi connectivity index (χ2v) is 7.82. The van der Waals surface area contributed by atoms with E-state index in [4.69, 9.17) is 5.73 Å². The molecule has 1 atom stereocenters. The summed E-state index contributed by atoms with van der Waals surface area (Å²) >= 11 is 1.56. The first-order chi connectivity index (χ1) is 13.9. The van der Waals surface area contributed by atoms with Crippen molar-refractivity contribution in [1.29, 1.82) is 0 Å². The highest BCUT2D eigenvalue weighted by Crippen LogP contribution is 2.22. The second-order valence-electron chi connectivity index (χ2n) is 6.84. The van der Waals surface area contributed by atoms with E-state index in [1.54, 1.807) is 17.4 Å². The predicted molar refractivity (Wildman–Crippen MR) is 116 cm³/mol.